The van der Waals surface area contributed by atoms with E-state index in [1.165, 1.54) is 11.3 Å². The molecule has 6 nitrogen and oxygen atoms in total. The largest absolute Gasteiger partial charge is 0.355 e. The van der Waals surface area contributed by atoms with Gasteiger partial charge in [-0.05, 0) is 12.0 Å². The summed E-state index contributed by atoms with van der Waals surface area (Å²) < 4.78 is 2.21. The van der Waals surface area contributed by atoms with Gasteiger partial charge in [-0.1, -0.05) is 30.3 Å². The summed E-state index contributed by atoms with van der Waals surface area (Å²) >= 11 is 0. The summed E-state index contributed by atoms with van der Waals surface area (Å²) in [6.07, 6.45) is 4.00. The maximum atomic E-state index is 12.6. The number of aryl methyl sites for hydroxylation is 2. The molecule has 1 unspecified atom stereocenters. The number of fused-ring (bicyclic) bond motifs is 1. The van der Waals surface area contributed by atoms with E-state index in [0.717, 1.165) is 25.1 Å². The molecule has 2 amide bonds. The van der Waals surface area contributed by atoms with Crippen molar-refractivity contribution in [3.05, 3.63) is 53.6 Å². The topological polar surface area (TPSA) is 67.2 Å². The second kappa shape index (κ2) is 6.70. The summed E-state index contributed by atoms with van der Waals surface area (Å²) in [5.41, 5.74) is 3.54. The minimum atomic E-state index is -0.214. The zero-order valence-electron chi connectivity index (χ0n) is 14.1. The number of aromatic nitrogens is 2. The predicted octanol–water partition coefficient (Wildman–Crippen LogP) is 1.15. The van der Waals surface area contributed by atoms with Crippen LogP contribution in [0.1, 0.15) is 23.4 Å². The molecule has 6 heteroatoms. The Morgan fingerprint density at radius 3 is 2.88 bits per heavy atom. The Labute approximate surface area is 146 Å². The van der Waals surface area contributed by atoms with Gasteiger partial charge >= 0.3 is 0 Å². The second-order valence-corrected chi connectivity index (χ2v) is 6.78. The van der Waals surface area contributed by atoms with Crippen LogP contribution in [0.2, 0.25) is 0 Å². The van der Waals surface area contributed by atoms with E-state index < -0.39 is 0 Å². The van der Waals surface area contributed by atoms with Gasteiger partial charge in [0.1, 0.15) is 0 Å². The fourth-order valence-corrected chi connectivity index (χ4v) is 3.68. The van der Waals surface area contributed by atoms with Gasteiger partial charge < -0.3 is 14.8 Å². The predicted molar refractivity (Wildman–Crippen MR) is 92.6 cm³/mol. The average Bonchev–Trinajstić information content (AvgIpc) is 3.26. The highest BCUT2D eigenvalue weighted by atomic mass is 16.2. The molecular formula is C19H22N4O2. The summed E-state index contributed by atoms with van der Waals surface area (Å²) in [5.74, 6) is -0.168. The summed E-state index contributed by atoms with van der Waals surface area (Å²) in [6.45, 7) is 2.62. The number of amides is 2. The first-order chi connectivity index (χ1) is 12.2. The third kappa shape index (κ3) is 3.29. The molecule has 2 aliphatic rings. The summed E-state index contributed by atoms with van der Waals surface area (Å²) in [4.78, 5) is 30.3. The molecule has 1 fully saturated rings. The van der Waals surface area contributed by atoms with E-state index in [0.29, 0.717) is 26.1 Å². The highest BCUT2D eigenvalue weighted by molar-refractivity contribution is 5.89. The van der Waals surface area contributed by atoms with Crippen molar-refractivity contribution in [2.24, 2.45) is 5.92 Å². The lowest BCUT2D eigenvalue weighted by Crippen LogP contribution is -2.40. The van der Waals surface area contributed by atoms with Gasteiger partial charge in [-0.25, -0.2) is 4.98 Å². The van der Waals surface area contributed by atoms with E-state index in [1.807, 2.05) is 17.3 Å². The zero-order valence-corrected chi connectivity index (χ0v) is 14.1. The van der Waals surface area contributed by atoms with Crippen LogP contribution in [0.3, 0.4) is 0 Å². The van der Waals surface area contributed by atoms with E-state index in [1.54, 1.807) is 0 Å². The quantitative estimate of drug-likeness (QED) is 0.909. The van der Waals surface area contributed by atoms with Gasteiger partial charge in [-0.2, -0.15) is 0 Å². The summed E-state index contributed by atoms with van der Waals surface area (Å²) in [7, 11) is 0. The van der Waals surface area contributed by atoms with Gasteiger partial charge in [0.15, 0.2) is 0 Å². The number of hydrogen-bond donors (Lipinski definition) is 1. The van der Waals surface area contributed by atoms with Gasteiger partial charge in [0.2, 0.25) is 11.8 Å². The van der Waals surface area contributed by atoms with Gasteiger partial charge in [0, 0.05) is 38.2 Å². The van der Waals surface area contributed by atoms with Crippen molar-refractivity contribution in [3.8, 4) is 0 Å². The van der Waals surface area contributed by atoms with Crippen LogP contribution in [-0.4, -0.2) is 39.4 Å². The number of nitrogens with one attached hydrogen (secondary N) is 1. The first-order valence-electron chi connectivity index (χ1n) is 8.83. The molecule has 2 aliphatic heterocycles. The van der Waals surface area contributed by atoms with Crippen LogP contribution in [-0.2, 0) is 35.5 Å². The van der Waals surface area contributed by atoms with E-state index in [2.05, 4.69) is 39.1 Å². The Bertz CT molecular complexity index is 784. The molecule has 1 N–H and O–H groups in total. The van der Waals surface area contributed by atoms with Crippen LogP contribution in [0.15, 0.2) is 36.7 Å². The molecule has 0 saturated carbocycles. The maximum absolute atomic E-state index is 12.6. The van der Waals surface area contributed by atoms with Crippen LogP contribution in [0.4, 0.5) is 0 Å². The Kier molecular flexibility index (Phi) is 4.26. The van der Waals surface area contributed by atoms with Gasteiger partial charge in [0.25, 0.3) is 0 Å². The van der Waals surface area contributed by atoms with Crippen molar-refractivity contribution in [1.29, 1.82) is 0 Å². The molecule has 3 heterocycles. The number of rotatable bonds is 4. The Morgan fingerprint density at radius 1 is 1.28 bits per heavy atom. The second-order valence-electron chi connectivity index (χ2n) is 6.78. The van der Waals surface area contributed by atoms with Crippen LogP contribution in [0.25, 0.3) is 0 Å². The monoisotopic (exact) mass is 338 g/mol. The van der Waals surface area contributed by atoms with Crippen LogP contribution < -0.4 is 5.32 Å². The van der Waals surface area contributed by atoms with Gasteiger partial charge in [0.05, 0.1) is 24.5 Å². The third-order valence-electron chi connectivity index (χ3n) is 5.11. The number of benzene rings is 1. The number of imidazole rings is 1. The Hall–Kier alpha value is -2.63. The normalized spacial score (nSPS) is 19.6. The molecule has 1 saturated heterocycles. The van der Waals surface area contributed by atoms with Gasteiger partial charge in [-0.15, -0.1) is 0 Å². The van der Waals surface area contributed by atoms with E-state index >= 15 is 0 Å². The summed E-state index contributed by atoms with van der Waals surface area (Å²) in [5, 5.41) is 2.74. The fourth-order valence-electron chi connectivity index (χ4n) is 3.68. The minimum Gasteiger partial charge on any atom is -0.355 e. The molecule has 0 bridgehead atoms. The molecule has 130 valence electrons. The fraction of sp³-hybridized carbons (Fsp3) is 0.421. The molecule has 1 atom stereocenters. The number of carbonyl (C=O) groups is 2. The number of carbonyl (C=O) groups excluding carboxylic acids is 2. The lowest BCUT2D eigenvalue weighted by atomic mass is 10.0. The van der Waals surface area contributed by atoms with Crippen molar-refractivity contribution in [3.63, 3.8) is 0 Å². The van der Waals surface area contributed by atoms with E-state index in [4.69, 9.17) is 0 Å². The Balaban J connectivity index is 1.40. The average molecular weight is 338 g/mol. The molecule has 1 aromatic carbocycles. The first-order valence-corrected chi connectivity index (χ1v) is 8.83. The number of nitrogens with zero attached hydrogens (tertiary/aromatic N) is 3. The van der Waals surface area contributed by atoms with Crippen molar-refractivity contribution >= 4 is 11.8 Å². The van der Waals surface area contributed by atoms with E-state index in [9.17, 15) is 9.59 Å². The van der Waals surface area contributed by atoms with E-state index in [-0.39, 0.29) is 17.7 Å². The number of hydrogen-bond acceptors (Lipinski definition) is 3. The SMILES string of the molecule is O=C1CC(C(=O)N2CCc3c(ncn3CCc3ccccc3)C2)CN1. The summed E-state index contributed by atoms with van der Waals surface area (Å²) in [6, 6.07) is 10.4. The van der Waals surface area contributed by atoms with Crippen molar-refractivity contribution in [1.82, 2.24) is 19.8 Å². The molecule has 25 heavy (non-hydrogen) atoms. The van der Waals surface area contributed by atoms with Crippen molar-refractivity contribution < 1.29 is 9.59 Å². The van der Waals surface area contributed by atoms with Crippen LogP contribution >= 0.6 is 0 Å². The molecular weight excluding hydrogens is 316 g/mol. The van der Waals surface area contributed by atoms with Crippen molar-refractivity contribution in [2.75, 3.05) is 13.1 Å². The smallest absolute Gasteiger partial charge is 0.228 e. The van der Waals surface area contributed by atoms with Crippen molar-refractivity contribution in [2.45, 2.75) is 32.4 Å². The lowest BCUT2D eigenvalue weighted by molar-refractivity contribution is -0.136. The van der Waals surface area contributed by atoms with Gasteiger partial charge in [-0.3, -0.25) is 9.59 Å². The van der Waals surface area contributed by atoms with Crippen LogP contribution in [0, 0.1) is 5.92 Å². The lowest BCUT2D eigenvalue weighted by Gasteiger charge is -2.29. The zero-order chi connectivity index (χ0) is 17.2. The maximum Gasteiger partial charge on any atom is 0.228 e. The Morgan fingerprint density at radius 2 is 2.12 bits per heavy atom. The molecule has 0 aliphatic carbocycles. The first kappa shape index (κ1) is 15.9. The van der Waals surface area contributed by atoms with Crippen LogP contribution in [0.5, 0.6) is 0 Å². The minimum absolute atomic E-state index is 0.0266. The molecule has 4 rings (SSSR count). The highest BCUT2D eigenvalue weighted by Gasteiger charge is 2.33. The molecule has 1 aromatic heterocycles. The molecule has 0 radical (unpaired) electrons. The molecule has 0 spiro atoms. The molecule has 2 aromatic rings. The standard InChI is InChI=1S/C19H22N4O2/c24-18-10-15(11-20-18)19(25)22-9-7-17-16(12-22)21-13-23(17)8-6-14-4-2-1-3-5-14/h1-5,13,15H,6-12H2,(H,20,24). The highest BCUT2D eigenvalue weighted by Crippen LogP contribution is 2.22. The third-order valence-corrected chi connectivity index (χ3v) is 5.11.